The number of benzene rings is 1. The molecular formula is C10H11BrFN. The zero-order valence-electron chi connectivity index (χ0n) is 7.13. The molecule has 1 aliphatic rings. The zero-order chi connectivity index (χ0) is 9.26. The first-order valence-corrected chi connectivity index (χ1v) is 5.18. The first-order chi connectivity index (χ1) is 6.27. The SMILES string of the molecule is FC1CNC(c2ccccc2Br)C1. The number of alkyl halides is 1. The molecule has 0 bridgehead atoms. The Kier molecular flexibility index (Phi) is 2.65. The molecule has 2 atom stereocenters. The highest BCUT2D eigenvalue weighted by Crippen LogP contribution is 2.30. The third kappa shape index (κ3) is 1.92. The van der Waals surface area contributed by atoms with Crippen molar-refractivity contribution in [3.05, 3.63) is 34.3 Å². The Bertz CT molecular complexity index is 303. The summed E-state index contributed by atoms with van der Waals surface area (Å²) in [7, 11) is 0. The molecule has 3 heteroatoms. The summed E-state index contributed by atoms with van der Waals surface area (Å²) in [5, 5.41) is 3.16. The standard InChI is InChI=1S/C10H11BrFN/c11-9-4-2-1-3-8(9)10-5-7(12)6-13-10/h1-4,7,10,13H,5-6H2. The molecule has 1 nitrogen and oxygen atoms in total. The van der Waals surface area contributed by atoms with E-state index in [0.717, 1.165) is 10.0 Å². The molecule has 0 amide bonds. The van der Waals surface area contributed by atoms with Crippen molar-refractivity contribution >= 4 is 15.9 Å². The van der Waals surface area contributed by atoms with Gasteiger partial charge in [0.05, 0.1) is 0 Å². The van der Waals surface area contributed by atoms with Crippen molar-refractivity contribution in [3.8, 4) is 0 Å². The Morgan fingerprint density at radius 2 is 2.15 bits per heavy atom. The van der Waals surface area contributed by atoms with Gasteiger partial charge in [-0.15, -0.1) is 0 Å². The number of halogens is 2. The Morgan fingerprint density at radius 3 is 2.77 bits per heavy atom. The minimum Gasteiger partial charge on any atom is -0.307 e. The number of hydrogen-bond acceptors (Lipinski definition) is 1. The molecule has 1 aromatic rings. The maximum absolute atomic E-state index is 12.9. The Morgan fingerprint density at radius 1 is 1.38 bits per heavy atom. The van der Waals surface area contributed by atoms with Crippen LogP contribution in [0.15, 0.2) is 28.7 Å². The summed E-state index contributed by atoms with van der Waals surface area (Å²) in [4.78, 5) is 0. The molecule has 0 aromatic heterocycles. The molecule has 1 heterocycles. The summed E-state index contributed by atoms with van der Waals surface area (Å²) in [6, 6.07) is 8.14. The number of nitrogens with one attached hydrogen (secondary N) is 1. The minimum absolute atomic E-state index is 0.172. The van der Waals surface area contributed by atoms with Gasteiger partial charge in [-0.25, -0.2) is 4.39 Å². The first-order valence-electron chi connectivity index (χ1n) is 4.39. The Balaban J connectivity index is 2.21. The van der Waals surface area contributed by atoms with Gasteiger partial charge in [0.2, 0.25) is 0 Å². The first kappa shape index (κ1) is 9.16. The lowest BCUT2D eigenvalue weighted by Gasteiger charge is -2.11. The summed E-state index contributed by atoms with van der Waals surface area (Å²) in [5.41, 5.74) is 1.16. The topological polar surface area (TPSA) is 12.0 Å². The summed E-state index contributed by atoms with van der Waals surface area (Å²) in [6.45, 7) is 0.478. The van der Waals surface area contributed by atoms with E-state index in [-0.39, 0.29) is 6.04 Å². The highest BCUT2D eigenvalue weighted by atomic mass is 79.9. The second-order valence-corrected chi connectivity index (χ2v) is 4.17. The minimum atomic E-state index is -0.697. The summed E-state index contributed by atoms with van der Waals surface area (Å²) < 4.78 is 14.0. The average Bonchev–Trinajstić information content (AvgIpc) is 2.53. The lowest BCUT2D eigenvalue weighted by molar-refractivity contribution is 0.356. The molecule has 0 radical (unpaired) electrons. The van der Waals surface area contributed by atoms with E-state index in [2.05, 4.69) is 21.2 Å². The van der Waals surface area contributed by atoms with Crippen molar-refractivity contribution < 1.29 is 4.39 Å². The van der Waals surface area contributed by atoms with Crippen molar-refractivity contribution in [2.24, 2.45) is 0 Å². The molecule has 1 N–H and O–H groups in total. The van der Waals surface area contributed by atoms with E-state index < -0.39 is 6.17 Å². The molecular weight excluding hydrogens is 233 g/mol. The average molecular weight is 244 g/mol. The van der Waals surface area contributed by atoms with Gasteiger partial charge in [-0.2, -0.15) is 0 Å². The molecule has 2 unspecified atom stereocenters. The summed E-state index contributed by atoms with van der Waals surface area (Å²) >= 11 is 3.46. The van der Waals surface area contributed by atoms with Crippen LogP contribution in [0.1, 0.15) is 18.0 Å². The zero-order valence-corrected chi connectivity index (χ0v) is 8.72. The maximum Gasteiger partial charge on any atom is 0.114 e. The van der Waals surface area contributed by atoms with Gasteiger partial charge in [0.25, 0.3) is 0 Å². The van der Waals surface area contributed by atoms with Crippen LogP contribution in [0.2, 0.25) is 0 Å². The van der Waals surface area contributed by atoms with Crippen LogP contribution in [-0.4, -0.2) is 12.7 Å². The van der Waals surface area contributed by atoms with Crippen LogP contribution in [0.3, 0.4) is 0 Å². The van der Waals surface area contributed by atoms with Crippen molar-refractivity contribution in [2.75, 3.05) is 6.54 Å². The van der Waals surface area contributed by atoms with E-state index in [9.17, 15) is 4.39 Å². The van der Waals surface area contributed by atoms with Gasteiger partial charge >= 0.3 is 0 Å². The van der Waals surface area contributed by atoms with E-state index >= 15 is 0 Å². The van der Waals surface area contributed by atoms with E-state index in [1.165, 1.54) is 0 Å². The van der Waals surface area contributed by atoms with Crippen LogP contribution < -0.4 is 5.32 Å². The summed E-state index contributed by atoms with van der Waals surface area (Å²) in [5.74, 6) is 0. The van der Waals surface area contributed by atoms with Gasteiger partial charge in [-0.1, -0.05) is 34.1 Å². The Hall–Kier alpha value is -0.410. The summed E-state index contributed by atoms with van der Waals surface area (Å²) in [6.07, 6.45) is -0.111. The highest BCUT2D eigenvalue weighted by molar-refractivity contribution is 9.10. The molecule has 70 valence electrons. The van der Waals surface area contributed by atoms with E-state index in [0.29, 0.717) is 13.0 Å². The fraction of sp³-hybridized carbons (Fsp3) is 0.400. The van der Waals surface area contributed by atoms with Crippen LogP contribution in [-0.2, 0) is 0 Å². The van der Waals surface area contributed by atoms with Gasteiger partial charge in [-0.3, -0.25) is 0 Å². The smallest absolute Gasteiger partial charge is 0.114 e. The van der Waals surface area contributed by atoms with Crippen molar-refractivity contribution in [3.63, 3.8) is 0 Å². The van der Waals surface area contributed by atoms with Crippen molar-refractivity contribution in [2.45, 2.75) is 18.6 Å². The van der Waals surface area contributed by atoms with E-state index in [4.69, 9.17) is 0 Å². The fourth-order valence-corrected chi connectivity index (χ4v) is 2.25. The second kappa shape index (κ2) is 3.76. The van der Waals surface area contributed by atoms with Gasteiger partial charge in [-0.05, 0) is 18.1 Å². The highest BCUT2D eigenvalue weighted by Gasteiger charge is 2.25. The molecule has 1 aliphatic heterocycles. The molecule has 2 rings (SSSR count). The van der Waals surface area contributed by atoms with Crippen LogP contribution in [0.25, 0.3) is 0 Å². The predicted octanol–water partition coefficient (Wildman–Crippen LogP) is 2.82. The van der Waals surface area contributed by atoms with Crippen LogP contribution in [0.4, 0.5) is 4.39 Å². The van der Waals surface area contributed by atoms with Gasteiger partial charge in [0, 0.05) is 17.1 Å². The third-order valence-corrected chi connectivity index (χ3v) is 3.08. The molecule has 13 heavy (non-hydrogen) atoms. The molecule has 0 aliphatic carbocycles. The number of hydrogen-bond donors (Lipinski definition) is 1. The van der Waals surface area contributed by atoms with Crippen molar-refractivity contribution in [1.82, 2.24) is 5.32 Å². The molecule has 1 aromatic carbocycles. The quantitative estimate of drug-likeness (QED) is 0.800. The molecule has 1 fully saturated rings. The normalized spacial score (nSPS) is 27.8. The maximum atomic E-state index is 12.9. The largest absolute Gasteiger partial charge is 0.307 e. The monoisotopic (exact) mass is 243 g/mol. The van der Waals surface area contributed by atoms with Gasteiger partial charge in [0.1, 0.15) is 6.17 Å². The third-order valence-electron chi connectivity index (χ3n) is 2.36. The van der Waals surface area contributed by atoms with Gasteiger partial charge < -0.3 is 5.32 Å². The van der Waals surface area contributed by atoms with Gasteiger partial charge in [0.15, 0.2) is 0 Å². The molecule has 0 saturated carbocycles. The second-order valence-electron chi connectivity index (χ2n) is 3.32. The lowest BCUT2D eigenvalue weighted by Crippen LogP contribution is -2.14. The number of rotatable bonds is 1. The van der Waals surface area contributed by atoms with Crippen LogP contribution >= 0.6 is 15.9 Å². The lowest BCUT2D eigenvalue weighted by atomic mass is 10.1. The molecule has 0 spiro atoms. The van der Waals surface area contributed by atoms with Crippen LogP contribution in [0.5, 0.6) is 0 Å². The Labute approximate surface area is 85.5 Å². The fourth-order valence-electron chi connectivity index (χ4n) is 1.69. The van der Waals surface area contributed by atoms with E-state index in [1.54, 1.807) is 0 Å². The van der Waals surface area contributed by atoms with Crippen molar-refractivity contribution in [1.29, 1.82) is 0 Å². The predicted molar refractivity (Wildman–Crippen MR) is 54.4 cm³/mol. The van der Waals surface area contributed by atoms with Crippen LogP contribution in [0, 0.1) is 0 Å². The van der Waals surface area contributed by atoms with E-state index in [1.807, 2.05) is 24.3 Å². The molecule has 1 saturated heterocycles.